The molecule has 7 nitrogen and oxygen atoms in total. The van der Waals surface area contributed by atoms with Crippen molar-refractivity contribution in [3.63, 3.8) is 0 Å². The minimum Gasteiger partial charge on any atom is -0.493 e. The molecule has 3 aromatic rings. The Morgan fingerprint density at radius 2 is 1.69 bits per heavy atom. The van der Waals surface area contributed by atoms with Gasteiger partial charge in [0.25, 0.3) is 0 Å². The van der Waals surface area contributed by atoms with Gasteiger partial charge in [0.05, 0.1) is 19.7 Å². The fourth-order valence-corrected chi connectivity index (χ4v) is 2.45. The number of aromatic nitrogens is 2. The highest BCUT2D eigenvalue weighted by Gasteiger charge is 2.11. The topological polar surface area (TPSA) is 85.4 Å². The number of carbonyl (C=O) groups is 1. The van der Waals surface area contributed by atoms with Crippen molar-refractivity contribution in [3.8, 4) is 11.5 Å². The lowest BCUT2D eigenvalue weighted by Crippen LogP contribution is -2.07. The van der Waals surface area contributed by atoms with Gasteiger partial charge in [-0.05, 0) is 36.4 Å². The van der Waals surface area contributed by atoms with Crippen molar-refractivity contribution in [3.05, 3.63) is 55.4 Å². The molecule has 0 fully saturated rings. The quantitative estimate of drug-likeness (QED) is 0.662. The summed E-state index contributed by atoms with van der Waals surface area (Å²) >= 11 is 0. The average molecular weight is 350 g/mol. The van der Waals surface area contributed by atoms with E-state index in [9.17, 15) is 4.79 Å². The van der Waals surface area contributed by atoms with Crippen molar-refractivity contribution in [2.75, 3.05) is 24.9 Å². The monoisotopic (exact) mass is 350 g/mol. The van der Waals surface area contributed by atoms with Crippen molar-refractivity contribution >= 4 is 34.0 Å². The van der Waals surface area contributed by atoms with Gasteiger partial charge in [-0.2, -0.15) is 0 Å². The maximum absolute atomic E-state index is 11.3. The van der Waals surface area contributed by atoms with E-state index in [2.05, 4.69) is 27.2 Å². The van der Waals surface area contributed by atoms with Crippen molar-refractivity contribution in [1.82, 2.24) is 9.97 Å². The summed E-state index contributed by atoms with van der Waals surface area (Å²) in [4.78, 5) is 19.9. The summed E-state index contributed by atoms with van der Waals surface area (Å²) in [5.74, 6) is 1.58. The summed E-state index contributed by atoms with van der Waals surface area (Å²) < 4.78 is 10.7. The Hall–Kier alpha value is -3.61. The predicted octanol–water partition coefficient (Wildman–Crippen LogP) is 3.52. The number of nitrogens with zero attached hydrogens (tertiary/aromatic N) is 2. The van der Waals surface area contributed by atoms with Gasteiger partial charge in [0.2, 0.25) is 5.91 Å². The first-order valence-electron chi connectivity index (χ1n) is 7.82. The van der Waals surface area contributed by atoms with Crippen LogP contribution < -0.4 is 20.1 Å². The van der Waals surface area contributed by atoms with E-state index in [0.717, 1.165) is 16.6 Å². The minimum absolute atomic E-state index is 0.256. The summed E-state index contributed by atoms with van der Waals surface area (Å²) in [5.41, 5.74) is 2.23. The molecule has 0 atom stereocenters. The number of anilines is 3. The zero-order chi connectivity index (χ0) is 18.5. The van der Waals surface area contributed by atoms with Crippen LogP contribution in [0.3, 0.4) is 0 Å². The molecule has 1 amide bonds. The number of benzene rings is 2. The third kappa shape index (κ3) is 3.56. The number of fused-ring (bicyclic) bond motifs is 1. The third-order valence-corrected chi connectivity index (χ3v) is 3.74. The maximum Gasteiger partial charge on any atom is 0.247 e. The van der Waals surface area contributed by atoms with E-state index in [-0.39, 0.29) is 5.91 Å². The summed E-state index contributed by atoms with van der Waals surface area (Å²) in [6.07, 6.45) is 2.70. The lowest BCUT2D eigenvalue weighted by Gasteiger charge is -2.12. The van der Waals surface area contributed by atoms with Gasteiger partial charge in [-0.15, -0.1) is 0 Å². The SMILES string of the molecule is C=CC(=O)Nc1ccc(Nc2ncnc3cc(OC)c(OC)cc23)cc1. The smallest absolute Gasteiger partial charge is 0.247 e. The third-order valence-electron chi connectivity index (χ3n) is 3.74. The van der Waals surface area contributed by atoms with Crippen LogP contribution in [0, 0.1) is 0 Å². The molecule has 0 saturated heterocycles. The summed E-state index contributed by atoms with van der Waals surface area (Å²) in [5, 5.41) is 6.75. The molecule has 7 heteroatoms. The van der Waals surface area contributed by atoms with E-state index < -0.39 is 0 Å². The van der Waals surface area contributed by atoms with Gasteiger partial charge in [0.15, 0.2) is 11.5 Å². The zero-order valence-corrected chi connectivity index (χ0v) is 14.4. The fourth-order valence-electron chi connectivity index (χ4n) is 2.45. The number of hydrogen-bond donors (Lipinski definition) is 2. The summed E-state index contributed by atoms with van der Waals surface area (Å²) in [7, 11) is 3.16. The van der Waals surface area contributed by atoms with Gasteiger partial charge in [-0.25, -0.2) is 9.97 Å². The summed E-state index contributed by atoms with van der Waals surface area (Å²) in [6.45, 7) is 3.43. The highest BCUT2D eigenvalue weighted by molar-refractivity contribution is 5.99. The van der Waals surface area contributed by atoms with Crippen LogP contribution in [0.2, 0.25) is 0 Å². The molecular formula is C19H18N4O3. The van der Waals surface area contributed by atoms with Crippen molar-refractivity contribution in [1.29, 1.82) is 0 Å². The summed E-state index contributed by atoms with van der Waals surface area (Å²) in [6, 6.07) is 10.9. The standard InChI is InChI=1S/C19H18N4O3/c1-4-18(24)22-12-5-7-13(8-6-12)23-19-14-9-16(25-2)17(26-3)10-15(14)20-11-21-19/h4-11H,1H2,2-3H3,(H,22,24)(H,20,21,23). The van der Waals surface area contributed by atoms with E-state index in [1.54, 1.807) is 32.4 Å². The highest BCUT2D eigenvalue weighted by Crippen LogP contribution is 2.34. The number of hydrogen-bond acceptors (Lipinski definition) is 6. The number of ether oxygens (including phenoxy) is 2. The van der Waals surface area contributed by atoms with Crippen molar-refractivity contribution in [2.24, 2.45) is 0 Å². The van der Waals surface area contributed by atoms with Gasteiger partial charge in [-0.1, -0.05) is 6.58 Å². The molecule has 132 valence electrons. The molecule has 0 aliphatic heterocycles. The van der Waals surface area contributed by atoms with Crippen LogP contribution in [-0.4, -0.2) is 30.1 Å². The lowest BCUT2D eigenvalue weighted by atomic mass is 10.2. The molecule has 0 aliphatic rings. The molecule has 1 aromatic heterocycles. The number of carbonyl (C=O) groups excluding carboxylic acids is 1. The van der Waals surface area contributed by atoms with Gasteiger partial charge >= 0.3 is 0 Å². The molecule has 2 N–H and O–H groups in total. The Balaban J connectivity index is 1.91. The van der Waals surface area contributed by atoms with Crippen LogP contribution in [0.4, 0.5) is 17.2 Å². The Morgan fingerprint density at radius 3 is 2.35 bits per heavy atom. The van der Waals surface area contributed by atoms with Crippen LogP contribution >= 0.6 is 0 Å². The second kappa shape index (κ2) is 7.52. The first kappa shape index (κ1) is 17.2. The molecule has 2 aromatic carbocycles. The second-order valence-electron chi connectivity index (χ2n) is 5.34. The highest BCUT2D eigenvalue weighted by atomic mass is 16.5. The Kier molecular flexibility index (Phi) is 4.98. The Morgan fingerprint density at radius 1 is 1.04 bits per heavy atom. The van der Waals surface area contributed by atoms with Gasteiger partial charge in [-0.3, -0.25) is 4.79 Å². The maximum atomic E-state index is 11.3. The van der Waals surface area contributed by atoms with E-state index in [4.69, 9.17) is 9.47 Å². The number of amides is 1. The Labute approximate surface area is 150 Å². The first-order chi connectivity index (χ1) is 12.6. The molecule has 0 unspecified atom stereocenters. The average Bonchev–Trinajstić information content (AvgIpc) is 2.68. The lowest BCUT2D eigenvalue weighted by molar-refractivity contribution is -0.111. The number of rotatable bonds is 6. The van der Waals surface area contributed by atoms with Crippen molar-refractivity contribution in [2.45, 2.75) is 0 Å². The number of methoxy groups -OCH3 is 2. The largest absolute Gasteiger partial charge is 0.493 e. The fraction of sp³-hybridized carbons (Fsp3) is 0.105. The molecule has 26 heavy (non-hydrogen) atoms. The van der Waals surface area contributed by atoms with Crippen molar-refractivity contribution < 1.29 is 14.3 Å². The molecule has 0 bridgehead atoms. The normalized spacial score (nSPS) is 10.2. The molecule has 0 saturated carbocycles. The van der Waals surface area contributed by atoms with E-state index in [0.29, 0.717) is 23.0 Å². The molecule has 0 aliphatic carbocycles. The second-order valence-corrected chi connectivity index (χ2v) is 5.34. The van der Waals surface area contributed by atoms with E-state index in [1.165, 1.54) is 12.4 Å². The first-order valence-corrected chi connectivity index (χ1v) is 7.82. The molecular weight excluding hydrogens is 332 g/mol. The van der Waals surface area contributed by atoms with Crippen LogP contribution in [0.5, 0.6) is 11.5 Å². The molecule has 0 radical (unpaired) electrons. The van der Waals surface area contributed by atoms with E-state index in [1.807, 2.05) is 18.2 Å². The zero-order valence-electron chi connectivity index (χ0n) is 14.4. The predicted molar refractivity (Wildman–Crippen MR) is 101 cm³/mol. The van der Waals surface area contributed by atoms with Gasteiger partial charge in [0, 0.05) is 22.8 Å². The molecule has 3 rings (SSSR count). The van der Waals surface area contributed by atoms with Crippen LogP contribution in [0.1, 0.15) is 0 Å². The van der Waals surface area contributed by atoms with Gasteiger partial charge < -0.3 is 20.1 Å². The van der Waals surface area contributed by atoms with Crippen LogP contribution in [0.25, 0.3) is 10.9 Å². The number of nitrogens with one attached hydrogen (secondary N) is 2. The molecule has 0 spiro atoms. The molecule has 1 heterocycles. The van der Waals surface area contributed by atoms with Crippen LogP contribution in [-0.2, 0) is 4.79 Å². The van der Waals surface area contributed by atoms with Crippen LogP contribution in [0.15, 0.2) is 55.4 Å². The van der Waals surface area contributed by atoms with Gasteiger partial charge in [0.1, 0.15) is 12.1 Å². The Bertz CT molecular complexity index is 955. The van der Waals surface area contributed by atoms with E-state index >= 15 is 0 Å². The minimum atomic E-state index is -0.256.